The van der Waals surface area contributed by atoms with E-state index in [0.717, 1.165) is 21.7 Å². The van der Waals surface area contributed by atoms with E-state index in [1.807, 2.05) is 36.4 Å². The highest BCUT2D eigenvalue weighted by Crippen LogP contribution is 2.33. The fourth-order valence-corrected chi connectivity index (χ4v) is 5.16. The van der Waals surface area contributed by atoms with E-state index in [9.17, 15) is 13.2 Å². The average Bonchev–Trinajstić information content (AvgIpc) is 3.37. The molecule has 1 aromatic heterocycles. The summed E-state index contributed by atoms with van der Waals surface area (Å²) in [6.45, 7) is 2.05. The van der Waals surface area contributed by atoms with Crippen molar-refractivity contribution in [2.24, 2.45) is 0 Å². The lowest BCUT2D eigenvalue weighted by Crippen LogP contribution is -2.30. The Labute approximate surface area is 168 Å². The first-order chi connectivity index (χ1) is 14.0. The summed E-state index contributed by atoms with van der Waals surface area (Å²) >= 11 is 0. The van der Waals surface area contributed by atoms with E-state index < -0.39 is 10.0 Å². The molecular weight excluding hydrogens is 386 g/mol. The van der Waals surface area contributed by atoms with Crippen LogP contribution in [0.3, 0.4) is 0 Å². The zero-order chi connectivity index (χ0) is 20.2. The first-order valence-corrected chi connectivity index (χ1v) is 11.2. The number of anilines is 1. The van der Waals surface area contributed by atoms with Gasteiger partial charge in [-0.3, -0.25) is 9.10 Å². The first-order valence-electron chi connectivity index (χ1n) is 9.57. The smallest absolute Gasteiger partial charge is 0.234 e. The third-order valence-corrected chi connectivity index (χ3v) is 7.33. The Kier molecular flexibility index (Phi) is 3.99. The van der Waals surface area contributed by atoms with Crippen LogP contribution in [-0.4, -0.2) is 26.5 Å². The summed E-state index contributed by atoms with van der Waals surface area (Å²) in [5, 5.41) is 3.05. The van der Waals surface area contributed by atoms with Crippen LogP contribution >= 0.6 is 0 Å². The van der Waals surface area contributed by atoms with Crippen molar-refractivity contribution in [2.75, 3.05) is 16.6 Å². The highest BCUT2D eigenvalue weighted by molar-refractivity contribution is 7.92. The Balaban J connectivity index is 1.54. The first kappa shape index (κ1) is 17.9. The van der Waals surface area contributed by atoms with E-state index in [0.29, 0.717) is 29.8 Å². The molecule has 0 unspecified atom stereocenters. The molecule has 3 aromatic carbocycles. The van der Waals surface area contributed by atoms with E-state index in [-0.39, 0.29) is 17.3 Å². The molecule has 1 aliphatic heterocycles. The maximum atomic E-state index is 13.1. The van der Waals surface area contributed by atoms with Crippen molar-refractivity contribution in [1.29, 1.82) is 0 Å². The second kappa shape index (κ2) is 6.46. The van der Waals surface area contributed by atoms with Crippen molar-refractivity contribution < 1.29 is 17.6 Å². The van der Waals surface area contributed by atoms with Gasteiger partial charge in [-0.1, -0.05) is 30.3 Å². The number of rotatable bonds is 4. The molecular formula is C23H19NO4S. The predicted octanol–water partition coefficient (Wildman–Crippen LogP) is 4.53. The Bertz CT molecular complexity index is 1380. The molecule has 6 heteroatoms. The molecule has 0 saturated heterocycles. The summed E-state index contributed by atoms with van der Waals surface area (Å²) in [6, 6.07) is 18.8. The SMILES string of the molecule is CCS(=O)(=O)N1CCc2cc(C(=O)c3cc4c(ccc5ccccc54)o3)ccc21. The Morgan fingerprint density at radius 2 is 1.86 bits per heavy atom. The zero-order valence-corrected chi connectivity index (χ0v) is 16.7. The van der Waals surface area contributed by atoms with E-state index in [1.54, 1.807) is 31.2 Å². The summed E-state index contributed by atoms with van der Waals surface area (Å²) in [5.41, 5.74) is 2.71. The third-order valence-electron chi connectivity index (χ3n) is 5.55. The molecule has 0 fully saturated rings. The highest BCUT2D eigenvalue weighted by atomic mass is 32.2. The van der Waals surface area contributed by atoms with Gasteiger partial charge in [0.25, 0.3) is 0 Å². The number of hydrogen-bond donors (Lipinski definition) is 0. The van der Waals surface area contributed by atoms with Crippen molar-refractivity contribution in [3.63, 3.8) is 0 Å². The van der Waals surface area contributed by atoms with Gasteiger partial charge in [-0.25, -0.2) is 8.42 Å². The van der Waals surface area contributed by atoms with Crippen molar-refractivity contribution in [3.05, 3.63) is 77.6 Å². The van der Waals surface area contributed by atoms with Crippen molar-refractivity contribution in [2.45, 2.75) is 13.3 Å². The molecule has 5 nitrogen and oxygen atoms in total. The minimum absolute atomic E-state index is 0.0556. The van der Waals surface area contributed by atoms with E-state index >= 15 is 0 Å². The van der Waals surface area contributed by atoms with Crippen LogP contribution in [-0.2, 0) is 16.4 Å². The predicted molar refractivity (Wildman–Crippen MR) is 114 cm³/mol. The molecule has 0 spiro atoms. The maximum absolute atomic E-state index is 13.1. The fourth-order valence-electron chi connectivity index (χ4n) is 4.00. The summed E-state index contributed by atoms with van der Waals surface area (Å²) in [6.07, 6.45) is 0.598. The van der Waals surface area contributed by atoms with Gasteiger partial charge in [0.15, 0.2) is 5.76 Å². The molecule has 0 radical (unpaired) electrons. The summed E-state index contributed by atoms with van der Waals surface area (Å²) in [7, 11) is -3.30. The summed E-state index contributed by atoms with van der Waals surface area (Å²) in [4.78, 5) is 13.1. The number of nitrogens with zero attached hydrogens (tertiary/aromatic N) is 1. The minimum Gasteiger partial charge on any atom is -0.453 e. The molecule has 0 bridgehead atoms. The number of hydrogen-bond acceptors (Lipinski definition) is 4. The van der Waals surface area contributed by atoms with Crippen LogP contribution in [0.1, 0.15) is 28.6 Å². The largest absolute Gasteiger partial charge is 0.453 e. The van der Waals surface area contributed by atoms with Gasteiger partial charge in [0.1, 0.15) is 5.58 Å². The monoisotopic (exact) mass is 405 g/mol. The van der Waals surface area contributed by atoms with Gasteiger partial charge in [-0.2, -0.15) is 0 Å². The Morgan fingerprint density at radius 3 is 2.69 bits per heavy atom. The van der Waals surface area contributed by atoms with Crippen LogP contribution in [0.2, 0.25) is 0 Å². The molecule has 29 heavy (non-hydrogen) atoms. The molecule has 0 aliphatic carbocycles. The van der Waals surface area contributed by atoms with E-state index in [1.165, 1.54) is 4.31 Å². The Hall–Kier alpha value is -3.12. The second-order valence-corrected chi connectivity index (χ2v) is 9.39. The van der Waals surface area contributed by atoms with E-state index in [4.69, 9.17) is 4.42 Å². The third kappa shape index (κ3) is 2.83. The lowest BCUT2D eigenvalue weighted by molar-refractivity contribution is 0.101. The molecule has 0 atom stereocenters. The molecule has 0 N–H and O–H groups in total. The van der Waals surface area contributed by atoms with Crippen LogP contribution in [0.15, 0.2) is 65.1 Å². The molecule has 1 aliphatic rings. The van der Waals surface area contributed by atoms with Crippen LogP contribution in [0, 0.1) is 0 Å². The summed E-state index contributed by atoms with van der Waals surface area (Å²) in [5.74, 6) is 0.136. The van der Waals surface area contributed by atoms with Gasteiger partial charge in [0, 0.05) is 17.5 Å². The summed E-state index contributed by atoms with van der Waals surface area (Å²) < 4.78 is 31.8. The van der Waals surface area contributed by atoms with Gasteiger partial charge >= 0.3 is 0 Å². The molecule has 0 saturated carbocycles. The highest BCUT2D eigenvalue weighted by Gasteiger charge is 2.29. The van der Waals surface area contributed by atoms with Gasteiger partial charge in [0.05, 0.1) is 11.4 Å². The Morgan fingerprint density at radius 1 is 1.03 bits per heavy atom. The number of fused-ring (bicyclic) bond motifs is 4. The number of carbonyl (C=O) groups is 1. The normalized spacial score (nSPS) is 13.9. The molecule has 4 aromatic rings. The van der Waals surface area contributed by atoms with Crippen LogP contribution in [0.25, 0.3) is 21.7 Å². The zero-order valence-electron chi connectivity index (χ0n) is 15.9. The van der Waals surface area contributed by atoms with Crippen LogP contribution < -0.4 is 4.31 Å². The number of carbonyl (C=O) groups excluding carboxylic acids is 1. The molecule has 0 amide bonds. The number of benzene rings is 3. The van der Waals surface area contributed by atoms with Crippen molar-refractivity contribution in [3.8, 4) is 0 Å². The standard InChI is InChI=1S/C23H19NO4S/c1-2-29(26,27)24-12-11-16-13-17(7-9-20(16)24)23(25)22-14-19-18-6-4-3-5-15(18)8-10-21(19)28-22/h3-10,13-14H,2,11-12H2,1H3. The number of sulfonamides is 1. The number of ketones is 1. The van der Waals surface area contributed by atoms with Gasteiger partial charge < -0.3 is 4.42 Å². The van der Waals surface area contributed by atoms with Crippen molar-refractivity contribution >= 4 is 43.2 Å². The second-order valence-electron chi connectivity index (χ2n) is 7.20. The average molecular weight is 405 g/mol. The van der Waals surface area contributed by atoms with Crippen LogP contribution in [0.4, 0.5) is 5.69 Å². The van der Waals surface area contributed by atoms with Crippen molar-refractivity contribution in [1.82, 2.24) is 0 Å². The van der Waals surface area contributed by atoms with Gasteiger partial charge in [-0.15, -0.1) is 0 Å². The maximum Gasteiger partial charge on any atom is 0.234 e. The number of furan rings is 1. The lowest BCUT2D eigenvalue weighted by atomic mass is 10.0. The molecule has 2 heterocycles. The molecule has 146 valence electrons. The van der Waals surface area contributed by atoms with Crippen LogP contribution in [0.5, 0.6) is 0 Å². The molecule has 5 rings (SSSR count). The van der Waals surface area contributed by atoms with Gasteiger partial charge in [-0.05, 0) is 60.0 Å². The quantitative estimate of drug-likeness (QED) is 0.468. The lowest BCUT2D eigenvalue weighted by Gasteiger charge is -2.18. The van der Waals surface area contributed by atoms with Gasteiger partial charge in [0.2, 0.25) is 15.8 Å². The van der Waals surface area contributed by atoms with E-state index in [2.05, 4.69) is 0 Å². The minimum atomic E-state index is -3.30. The fraction of sp³-hybridized carbons (Fsp3) is 0.174. The topological polar surface area (TPSA) is 67.6 Å².